The summed E-state index contributed by atoms with van der Waals surface area (Å²) < 4.78 is 1.44. The van der Waals surface area contributed by atoms with Crippen LogP contribution < -0.4 is 0 Å². The second kappa shape index (κ2) is 83.6. The summed E-state index contributed by atoms with van der Waals surface area (Å²) >= 11 is 9.26. The molecular weight excluding hydrogens is 1150 g/mol. The van der Waals surface area contributed by atoms with Crippen molar-refractivity contribution in [2.75, 3.05) is 72.2 Å². The Hall–Kier alpha value is 1.36. The zero-order chi connectivity index (χ0) is 63.9. The summed E-state index contributed by atoms with van der Waals surface area (Å²) in [7, 11) is 0. The Bertz CT molecular complexity index is 1020. The van der Waals surface area contributed by atoms with E-state index < -0.39 is 0 Å². The lowest BCUT2D eigenvalue weighted by Crippen LogP contribution is -2.51. The molecule has 0 radical (unpaired) electrons. The minimum Gasteiger partial charge on any atom is -0.324 e. The van der Waals surface area contributed by atoms with Gasteiger partial charge < -0.3 is 4.48 Å². The molecule has 0 heterocycles. The molecule has 0 aliphatic rings. The Morgan fingerprint density at radius 2 is 0.225 bits per heavy atom. The number of unbranched alkanes of at least 4 members (excludes halogenated alkanes) is 60. The number of rotatable bonds is 84. The van der Waals surface area contributed by atoms with Gasteiger partial charge in [0.2, 0.25) is 0 Å². The summed E-state index contributed by atoms with van der Waals surface area (Å²) in [5.41, 5.74) is 0. The molecule has 0 saturated heterocycles. The Labute approximate surface area is 583 Å². The standard InChI is InChI=1S/C84H172NS4/c1-5-9-13-17-21-25-29-33-37-41-45-49-53-57-61-65-77-86-81-69-73-85(74-70-82-87-78-66-62-58-54-50-46-42-38-34-30-26-22-18-14-10-6-2,75-71-83-88-79-67-63-59-55-51-47-43-39-35-31-27-23-19-15-11-7-3)76-72-84-89-80-68-64-60-56-52-48-44-40-36-32-28-24-20-16-12-8-4/h5-84H2,1-4H3/q+1. The van der Waals surface area contributed by atoms with Crippen molar-refractivity contribution in [1.29, 1.82) is 0 Å². The van der Waals surface area contributed by atoms with E-state index in [2.05, 4.69) is 74.7 Å². The van der Waals surface area contributed by atoms with Crippen LogP contribution in [0.15, 0.2) is 0 Å². The van der Waals surface area contributed by atoms with Gasteiger partial charge in [0.05, 0.1) is 26.2 Å². The fourth-order valence-corrected chi connectivity index (χ4v) is 17.9. The molecule has 0 saturated carbocycles. The molecule has 0 unspecified atom stereocenters. The van der Waals surface area contributed by atoms with Gasteiger partial charge >= 0.3 is 0 Å². The van der Waals surface area contributed by atoms with Gasteiger partial charge in [0.1, 0.15) is 0 Å². The first kappa shape index (κ1) is 90.4. The van der Waals surface area contributed by atoms with Crippen LogP contribution in [0, 0.1) is 0 Å². The summed E-state index contributed by atoms with van der Waals surface area (Å²) in [6.45, 7) is 15.1. The van der Waals surface area contributed by atoms with E-state index in [0.29, 0.717) is 0 Å². The zero-order valence-corrected chi connectivity index (χ0v) is 65.9. The van der Waals surface area contributed by atoms with Gasteiger partial charge in [0, 0.05) is 25.7 Å². The molecule has 1 nitrogen and oxygen atoms in total. The molecule has 0 aromatic carbocycles. The van der Waals surface area contributed by atoms with Crippen molar-refractivity contribution >= 4 is 47.0 Å². The highest BCUT2D eigenvalue weighted by Gasteiger charge is 2.26. The first-order valence-electron chi connectivity index (χ1n) is 42.4. The molecular formula is C84H172NS4+. The van der Waals surface area contributed by atoms with Crippen LogP contribution in [0.2, 0.25) is 0 Å². The molecule has 0 rings (SSSR count). The lowest BCUT2D eigenvalue weighted by atomic mass is 10.0. The Morgan fingerprint density at radius 1 is 0.124 bits per heavy atom. The first-order chi connectivity index (χ1) is 44.2. The van der Waals surface area contributed by atoms with Crippen molar-refractivity contribution in [2.24, 2.45) is 0 Å². The maximum Gasteiger partial charge on any atom is 0.0794 e. The summed E-state index contributed by atoms with van der Waals surface area (Å²) in [4.78, 5) is 0. The molecule has 0 N–H and O–H groups in total. The van der Waals surface area contributed by atoms with E-state index in [9.17, 15) is 0 Å². The van der Waals surface area contributed by atoms with Crippen LogP contribution in [0.4, 0.5) is 0 Å². The lowest BCUT2D eigenvalue weighted by molar-refractivity contribution is -0.928. The van der Waals surface area contributed by atoms with E-state index in [1.807, 2.05) is 0 Å². The van der Waals surface area contributed by atoms with Crippen LogP contribution in [0.5, 0.6) is 0 Å². The summed E-state index contributed by atoms with van der Waals surface area (Å²) in [5, 5.41) is 0. The van der Waals surface area contributed by atoms with Crippen molar-refractivity contribution in [3.63, 3.8) is 0 Å². The third kappa shape index (κ3) is 78.2. The molecule has 0 spiro atoms. The van der Waals surface area contributed by atoms with Gasteiger partial charge in [-0.3, -0.25) is 0 Å². The van der Waals surface area contributed by atoms with Crippen LogP contribution in [-0.4, -0.2) is 76.7 Å². The van der Waals surface area contributed by atoms with E-state index in [4.69, 9.17) is 0 Å². The highest BCUT2D eigenvalue weighted by Crippen LogP contribution is 2.24. The fourth-order valence-electron chi connectivity index (χ4n) is 14.1. The molecule has 0 aromatic heterocycles. The molecule has 536 valence electrons. The molecule has 0 amide bonds. The average molecular weight is 1320 g/mol. The third-order valence-corrected chi connectivity index (χ3v) is 24.9. The van der Waals surface area contributed by atoms with Gasteiger partial charge in [-0.05, 0) is 71.7 Å². The molecule has 0 aromatic rings. The van der Waals surface area contributed by atoms with Crippen molar-refractivity contribution in [3.8, 4) is 0 Å². The predicted molar refractivity (Wildman–Crippen MR) is 426 cm³/mol. The number of thioether (sulfide) groups is 4. The SMILES string of the molecule is CCCCCCCCCCCCCCCCCCSCCC[N+](CCCSCCCCCCCCCCCCCCCCCC)(CCCSCCCCCCCCCCCCCCCCCC)CCCSCCCCCCCCCCCCCCCCCC. The molecule has 0 atom stereocenters. The van der Waals surface area contributed by atoms with Crippen LogP contribution >= 0.6 is 47.0 Å². The van der Waals surface area contributed by atoms with Gasteiger partial charge in [0.25, 0.3) is 0 Å². The molecule has 5 heteroatoms. The maximum atomic E-state index is 2.33. The highest BCUT2D eigenvalue weighted by atomic mass is 32.2. The van der Waals surface area contributed by atoms with Gasteiger partial charge in [0.15, 0.2) is 0 Å². The van der Waals surface area contributed by atoms with E-state index in [0.717, 1.165) is 0 Å². The smallest absolute Gasteiger partial charge is 0.0794 e. The first-order valence-corrected chi connectivity index (χ1v) is 47.0. The molecule has 0 aliphatic heterocycles. The Morgan fingerprint density at radius 3 is 0.348 bits per heavy atom. The Balaban J connectivity index is 4.99. The topological polar surface area (TPSA) is 0 Å². The number of quaternary nitrogens is 1. The molecule has 0 bridgehead atoms. The van der Waals surface area contributed by atoms with Crippen molar-refractivity contribution in [2.45, 2.75) is 464 Å². The summed E-state index contributed by atoms with van der Waals surface area (Å²) in [6.07, 6.45) is 99.8. The van der Waals surface area contributed by atoms with E-state index in [-0.39, 0.29) is 0 Å². The van der Waals surface area contributed by atoms with E-state index in [1.54, 1.807) is 0 Å². The molecule has 0 fully saturated rings. The summed E-state index contributed by atoms with van der Waals surface area (Å²) in [5.74, 6) is 11.2. The second-order valence-electron chi connectivity index (χ2n) is 29.3. The van der Waals surface area contributed by atoms with Crippen LogP contribution in [0.3, 0.4) is 0 Å². The number of hydrogen-bond acceptors (Lipinski definition) is 4. The summed E-state index contributed by atoms with van der Waals surface area (Å²) in [6, 6.07) is 0. The number of nitrogens with zero attached hydrogens (tertiary/aromatic N) is 1. The van der Waals surface area contributed by atoms with Gasteiger partial charge in [-0.15, -0.1) is 0 Å². The van der Waals surface area contributed by atoms with Crippen LogP contribution in [0.1, 0.15) is 464 Å². The monoisotopic (exact) mass is 1320 g/mol. The zero-order valence-electron chi connectivity index (χ0n) is 62.6. The van der Waals surface area contributed by atoms with E-state index in [1.165, 1.54) is 513 Å². The fraction of sp³-hybridized carbons (Fsp3) is 1.00. The van der Waals surface area contributed by atoms with Crippen LogP contribution in [-0.2, 0) is 0 Å². The van der Waals surface area contributed by atoms with Gasteiger partial charge in [-0.25, -0.2) is 0 Å². The lowest BCUT2D eigenvalue weighted by Gasteiger charge is -2.39. The molecule has 0 aliphatic carbocycles. The Kier molecular flexibility index (Phi) is 84.9. The van der Waals surface area contributed by atoms with Crippen molar-refractivity contribution in [3.05, 3.63) is 0 Å². The van der Waals surface area contributed by atoms with Crippen LogP contribution in [0.25, 0.3) is 0 Å². The van der Waals surface area contributed by atoms with Gasteiger partial charge in [-0.1, -0.05) is 413 Å². The minimum absolute atomic E-state index is 1.37. The largest absolute Gasteiger partial charge is 0.324 e. The number of hydrogen-bond donors (Lipinski definition) is 0. The predicted octanol–water partition coefficient (Wildman–Crippen LogP) is 31.3. The average Bonchev–Trinajstić information content (AvgIpc) is 3.74. The highest BCUT2D eigenvalue weighted by molar-refractivity contribution is 7.99. The van der Waals surface area contributed by atoms with Gasteiger partial charge in [-0.2, -0.15) is 47.0 Å². The van der Waals surface area contributed by atoms with E-state index >= 15 is 0 Å². The quantitative estimate of drug-likeness (QED) is 0.0439. The minimum atomic E-state index is 1.37. The van der Waals surface area contributed by atoms with Crippen molar-refractivity contribution in [1.82, 2.24) is 0 Å². The van der Waals surface area contributed by atoms with Crippen molar-refractivity contribution < 1.29 is 4.48 Å². The molecule has 89 heavy (non-hydrogen) atoms. The maximum absolute atomic E-state index is 2.33. The second-order valence-corrected chi connectivity index (χ2v) is 34.2. The third-order valence-electron chi connectivity index (χ3n) is 20.3. The normalized spacial score (nSPS) is 12.0.